The molecule has 0 aliphatic heterocycles. The Hall–Kier alpha value is -2.83. The third kappa shape index (κ3) is 6.57. The predicted octanol–water partition coefficient (Wildman–Crippen LogP) is 1.41. The molecule has 0 aliphatic rings. The Morgan fingerprint density at radius 1 is 1.10 bits per heavy atom. The lowest BCUT2D eigenvalue weighted by atomic mass is 10.2. The molecule has 10 nitrogen and oxygen atoms in total. The summed E-state index contributed by atoms with van der Waals surface area (Å²) in [5.74, 6) is 0.152. The van der Waals surface area contributed by atoms with Crippen molar-refractivity contribution in [3.05, 3.63) is 48.0 Å². The number of anilines is 1. The lowest BCUT2D eigenvalue weighted by Gasteiger charge is -2.22. The van der Waals surface area contributed by atoms with E-state index < -0.39 is 19.9 Å². The highest BCUT2D eigenvalue weighted by molar-refractivity contribution is 7.95. The Kier molecular flexibility index (Phi) is 7.87. The van der Waals surface area contributed by atoms with Crippen molar-refractivity contribution >= 4 is 31.5 Å². The minimum atomic E-state index is -4.14. The first-order valence-corrected chi connectivity index (χ1v) is 12.5. The van der Waals surface area contributed by atoms with Crippen molar-refractivity contribution < 1.29 is 26.4 Å². The molecule has 2 aromatic carbocycles. The first-order chi connectivity index (χ1) is 14.4. The van der Waals surface area contributed by atoms with Crippen LogP contribution in [-0.4, -0.2) is 49.3 Å². The molecule has 0 unspecified atom stereocenters. The fourth-order valence-electron chi connectivity index (χ4n) is 2.70. The molecule has 170 valence electrons. The molecule has 0 bridgehead atoms. The largest absolute Gasteiger partial charge is 0.493 e. The fraction of sp³-hybridized carbons (Fsp3) is 0.316. The molecule has 2 rings (SSSR count). The number of guanidine groups is 1. The van der Waals surface area contributed by atoms with E-state index in [1.165, 1.54) is 31.3 Å². The number of nitrogens with zero attached hydrogens (tertiary/aromatic N) is 1. The van der Waals surface area contributed by atoms with E-state index in [9.17, 15) is 16.8 Å². The molecule has 2 aromatic rings. The number of rotatable bonds is 10. The van der Waals surface area contributed by atoms with E-state index in [0.717, 1.165) is 16.1 Å². The van der Waals surface area contributed by atoms with Gasteiger partial charge in [0.2, 0.25) is 5.96 Å². The minimum Gasteiger partial charge on any atom is -0.493 e. The Labute approximate surface area is 182 Å². The fourth-order valence-corrected chi connectivity index (χ4v) is 5.48. The van der Waals surface area contributed by atoms with Crippen molar-refractivity contribution in [2.75, 3.05) is 30.8 Å². The normalized spacial score (nSPS) is 11.7. The first kappa shape index (κ1) is 24.4. The van der Waals surface area contributed by atoms with Crippen molar-refractivity contribution in [2.24, 2.45) is 5.73 Å². The standard InChI is InChI=1S/C19H26N4O6S2/c1-14-11-15(13-16(12-14)28-9-6-10-29-22-19(20)21)23(2)31(26,27)18-8-5-4-7-17(18)30(3,24)25/h4-5,7-8,11-13H,6,9-10H2,1-3H3,(H4,20,21,22). The van der Waals surface area contributed by atoms with Gasteiger partial charge in [0.25, 0.3) is 10.0 Å². The lowest BCUT2D eigenvalue weighted by molar-refractivity contribution is 0.0733. The zero-order chi connectivity index (χ0) is 23.2. The highest BCUT2D eigenvalue weighted by Gasteiger charge is 2.28. The summed E-state index contributed by atoms with van der Waals surface area (Å²) in [6.07, 6.45) is 1.47. The van der Waals surface area contributed by atoms with Crippen LogP contribution in [0.25, 0.3) is 0 Å². The maximum absolute atomic E-state index is 13.2. The molecule has 0 aromatic heterocycles. The van der Waals surface area contributed by atoms with E-state index in [1.807, 2.05) is 0 Å². The van der Waals surface area contributed by atoms with E-state index in [1.54, 1.807) is 25.1 Å². The first-order valence-electron chi connectivity index (χ1n) is 9.17. The molecule has 12 heteroatoms. The molecule has 0 saturated heterocycles. The van der Waals surface area contributed by atoms with Crippen molar-refractivity contribution in [3.8, 4) is 5.75 Å². The second-order valence-electron chi connectivity index (χ2n) is 6.76. The van der Waals surface area contributed by atoms with E-state index >= 15 is 0 Å². The molecule has 31 heavy (non-hydrogen) atoms. The number of benzene rings is 2. The number of hydrogen-bond acceptors (Lipinski definition) is 7. The second kappa shape index (κ2) is 9.98. The molecule has 0 radical (unpaired) electrons. The summed E-state index contributed by atoms with van der Waals surface area (Å²) in [7, 11) is -6.53. The molecule has 0 aliphatic carbocycles. The van der Waals surface area contributed by atoms with E-state index in [-0.39, 0.29) is 29.0 Å². The molecule has 0 spiro atoms. The average molecular weight is 471 g/mol. The summed E-state index contributed by atoms with van der Waals surface area (Å²) in [6, 6.07) is 10.5. The van der Waals surface area contributed by atoms with Crippen molar-refractivity contribution in [3.63, 3.8) is 0 Å². The van der Waals surface area contributed by atoms with E-state index in [2.05, 4.69) is 5.48 Å². The number of hydrogen-bond donors (Lipinski definition) is 3. The van der Waals surface area contributed by atoms with E-state index in [4.69, 9.17) is 20.7 Å². The summed E-state index contributed by atoms with van der Waals surface area (Å²) in [5.41, 5.74) is 8.40. The smallest absolute Gasteiger partial charge is 0.265 e. The number of nitrogens with one attached hydrogen (secondary N) is 2. The predicted molar refractivity (Wildman–Crippen MR) is 117 cm³/mol. The van der Waals surface area contributed by atoms with Crippen LogP contribution in [-0.2, 0) is 24.7 Å². The maximum Gasteiger partial charge on any atom is 0.265 e. The second-order valence-corrected chi connectivity index (χ2v) is 10.7. The molecular weight excluding hydrogens is 444 g/mol. The highest BCUT2D eigenvalue weighted by Crippen LogP contribution is 2.30. The molecule has 0 amide bonds. The lowest BCUT2D eigenvalue weighted by Crippen LogP contribution is -2.30. The number of sulfonamides is 1. The maximum atomic E-state index is 13.2. The van der Waals surface area contributed by atoms with Crippen molar-refractivity contribution in [1.82, 2.24) is 5.48 Å². The van der Waals surface area contributed by atoms with Crippen LogP contribution in [0.2, 0.25) is 0 Å². The number of aryl methyl sites for hydroxylation is 1. The van der Waals surface area contributed by atoms with Crippen LogP contribution in [0.5, 0.6) is 5.75 Å². The average Bonchev–Trinajstić information content (AvgIpc) is 2.68. The summed E-state index contributed by atoms with van der Waals surface area (Å²) < 4.78 is 57.2. The van der Waals surface area contributed by atoms with Gasteiger partial charge in [0.05, 0.1) is 23.8 Å². The summed E-state index contributed by atoms with van der Waals surface area (Å²) >= 11 is 0. The van der Waals surface area contributed by atoms with Gasteiger partial charge in [-0.1, -0.05) is 12.1 Å². The van der Waals surface area contributed by atoms with Crippen LogP contribution in [0.4, 0.5) is 5.69 Å². The molecule has 0 heterocycles. The van der Waals surface area contributed by atoms with Gasteiger partial charge in [0.1, 0.15) is 10.6 Å². The number of ether oxygens (including phenoxy) is 1. The van der Waals surface area contributed by atoms with Gasteiger partial charge >= 0.3 is 0 Å². The third-order valence-electron chi connectivity index (χ3n) is 4.13. The van der Waals surface area contributed by atoms with Crippen LogP contribution in [0.3, 0.4) is 0 Å². The van der Waals surface area contributed by atoms with Gasteiger partial charge in [-0.15, -0.1) is 0 Å². The zero-order valence-electron chi connectivity index (χ0n) is 17.5. The summed E-state index contributed by atoms with van der Waals surface area (Å²) in [6.45, 7) is 2.34. The molecule has 0 fully saturated rings. The molecular formula is C19H26N4O6S2. The van der Waals surface area contributed by atoms with Crippen LogP contribution < -0.4 is 20.3 Å². The number of nitrogens with two attached hydrogens (primary N) is 1. The van der Waals surface area contributed by atoms with Gasteiger partial charge in [-0.3, -0.25) is 14.6 Å². The van der Waals surface area contributed by atoms with Crippen molar-refractivity contribution in [2.45, 2.75) is 23.1 Å². The zero-order valence-corrected chi connectivity index (χ0v) is 19.1. The topological polar surface area (TPSA) is 152 Å². The third-order valence-corrected chi connectivity index (χ3v) is 7.26. The Morgan fingerprint density at radius 2 is 1.74 bits per heavy atom. The quantitative estimate of drug-likeness (QED) is 0.204. The van der Waals surface area contributed by atoms with E-state index in [0.29, 0.717) is 17.9 Å². The monoisotopic (exact) mass is 470 g/mol. The minimum absolute atomic E-state index is 0.259. The molecule has 4 N–H and O–H groups in total. The summed E-state index contributed by atoms with van der Waals surface area (Å²) in [4.78, 5) is 4.38. The van der Waals surface area contributed by atoms with Gasteiger partial charge in [-0.05, 0) is 36.8 Å². The van der Waals surface area contributed by atoms with Crippen LogP contribution >= 0.6 is 0 Å². The molecule has 0 atom stereocenters. The number of sulfone groups is 1. The van der Waals surface area contributed by atoms with Crippen molar-refractivity contribution in [1.29, 1.82) is 5.41 Å². The van der Waals surface area contributed by atoms with Gasteiger partial charge in [0, 0.05) is 25.8 Å². The van der Waals surface area contributed by atoms with Gasteiger partial charge in [0.15, 0.2) is 9.84 Å². The SMILES string of the molecule is Cc1cc(OCCCONC(=N)N)cc(N(C)S(=O)(=O)c2ccccc2S(C)(=O)=O)c1. The Morgan fingerprint density at radius 3 is 2.35 bits per heavy atom. The highest BCUT2D eigenvalue weighted by atomic mass is 32.2. The summed E-state index contributed by atoms with van der Waals surface area (Å²) in [5, 5.41) is 6.98. The molecule has 0 saturated carbocycles. The van der Waals surface area contributed by atoms with Gasteiger partial charge in [-0.2, -0.15) is 0 Å². The van der Waals surface area contributed by atoms with Crippen LogP contribution in [0, 0.1) is 12.3 Å². The van der Waals surface area contributed by atoms with Gasteiger partial charge < -0.3 is 10.5 Å². The Bertz CT molecular complexity index is 1150. The van der Waals surface area contributed by atoms with Crippen LogP contribution in [0.1, 0.15) is 12.0 Å². The Balaban J connectivity index is 2.22. The van der Waals surface area contributed by atoms with Gasteiger partial charge in [-0.25, -0.2) is 22.3 Å². The van der Waals surface area contributed by atoms with Crippen LogP contribution in [0.15, 0.2) is 52.3 Å². The number of hydroxylamine groups is 1.